The predicted molar refractivity (Wildman–Crippen MR) is 55.7 cm³/mol. The number of rotatable bonds is 2. The molecule has 6 heteroatoms. The number of nitriles is 1. The maximum atomic E-state index is 12.2. The third-order valence-corrected chi connectivity index (χ3v) is 2.45. The smallest absolute Gasteiger partial charge is 0.445 e. The summed E-state index contributed by atoms with van der Waals surface area (Å²) < 4.78 is 41.7. The van der Waals surface area contributed by atoms with Crippen molar-refractivity contribution in [3.63, 3.8) is 0 Å². The van der Waals surface area contributed by atoms with E-state index in [2.05, 4.69) is 0 Å². The zero-order chi connectivity index (χ0) is 13.3. The molecule has 0 aliphatic carbocycles. The van der Waals surface area contributed by atoms with Crippen molar-refractivity contribution >= 4 is 16.8 Å². The van der Waals surface area contributed by atoms with E-state index in [-0.39, 0.29) is 11.3 Å². The van der Waals surface area contributed by atoms with Crippen LogP contribution in [0.5, 0.6) is 0 Å². The van der Waals surface area contributed by atoms with Crippen LogP contribution in [0.25, 0.3) is 11.0 Å². The molecule has 0 fully saturated rings. The average Bonchev–Trinajstić information content (AvgIpc) is 2.66. The highest BCUT2D eigenvalue weighted by atomic mass is 19.4. The van der Waals surface area contributed by atoms with Crippen molar-refractivity contribution in [1.82, 2.24) is 0 Å². The molecule has 18 heavy (non-hydrogen) atoms. The second kappa shape index (κ2) is 4.18. The second-order valence-corrected chi connectivity index (χ2v) is 3.62. The van der Waals surface area contributed by atoms with Gasteiger partial charge in [0, 0.05) is 17.4 Å². The number of benzene rings is 1. The van der Waals surface area contributed by atoms with Crippen LogP contribution in [0.15, 0.2) is 28.7 Å². The predicted octanol–water partition coefficient (Wildman–Crippen LogP) is 2.98. The molecule has 0 aliphatic heterocycles. The molecule has 0 N–H and O–H groups in total. The Morgan fingerprint density at radius 3 is 2.61 bits per heavy atom. The molecule has 92 valence electrons. The summed E-state index contributed by atoms with van der Waals surface area (Å²) in [5, 5.41) is 9.15. The van der Waals surface area contributed by atoms with Gasteiger partial charge < -0.3 is 4.42 Å². The Kier molecular flexibility index (Phi) is 2.83. The summed E-state index contributed by atoms with van der Waals surface area (Å²) in [6.45, 7) is 0. The van der Waals surface area contributed by atoms with E-state index in [1.165, 1.54) is 12.1 Å². The third-order valence-electron chi connectivity index (χ3n) is 2.45. The zero-order valence-corrected chi connectivity index (χ0v) is 8.91. The molecule has 1 heterocycles. The van der Waals surface area contributed by atoms with Crippen LogP contribution in [0, 0.1) is 11.3 Å². The summed E-state index contributed by atoms with van der Waals surface area (Å²) in [4.78, 5) is 11.0. The SMILES string of the molecule is N#Cc1oc2ccccc2c1CC(=O)C(F)(F)F. The van der Waals surface area contributed by atoms with Gasteiger partial charge in [0.1, 0.15) is 11.7 Å². The van der Waals surface area contributed by atoms with Gasteiger partial charge in [-0.15, -0.1) is 0 Å². The molecule has 2 aromatic rings. The summed E-state index contributed by atoms with van der Waals surface area (Å²) in [6.07, 6.45) is -5.80. The van der Waals surface area contributed by atoms with Gasteiger partial charge in [-0.1, -0.05) is 18.2 Å². The van der Waals surface area contributed by atoms with Gasteiger partial charge >= 0.3 is 6.18 Å². The summed E-state index contributed by atoms with van der Waals surface area (Å²) in [5.74, 6) is -2.15. The molecule has 0 bridgehead atoms. The summed E-state index contributed by atoms with van der Waals surface area (Å²) >= 11 is 0. The number of furan rings is 1. The molecule has 1 aromatic carbocycles. The number of alkyl halides is 3. The number of hydrogen-bond acceptors (Lipinski definition) is 3. The van der Waals surface area contributed by atoms with E-state index >= 15 is 0 Å². The Morgan fingerprint density at radius 1 is 1.33 bits per heavy atom. The van der Waals surface area contributed by atoms with E-state index in [4.69, 9.17) is 9.68 Å². The lowest BCUT2D eigenvalue weighted by Gasteiger charge is -2.03. The Labute approximate surface area is 99.4 Å². The molecular formula is C12H6F3NO2. The van der Waals surface area contributed by atoms with E-state index < -0.39 is 18.4 Å². The molecule has 0 aliphatic rings. The van der Waals surface area contributed by atoms with Crippen LogP contribution in [0.4, 0.5) is 13.2 Å². The molecule has 0 spiro atoms. The minimum atomic E-state index is -4.91. The van der Waals surface area contributed by atoms with Crippen molar-refractivity contribution in [1.29, 1.82) is 5.26 Å². The van der Waals surface area contributed by atoms with Gasteiger partial charge in [0.25, 0.3) is 0 Å². The average molecular weight is 253 g/mol. The Balaban J connectivity index is 2.50. The fraction of sp³-hybridized carbons (Fsp3) is 0.167. The Bertz CT molecular complexity index is 649. The van der Waals surface area contributed by atoms with E-state index in [1.54, 1.807) is 18.2 Å². The number of hydrogen-bond donors (Lipinski definition) is 0. The van der Waals surface area contributed by atoms with E-state index in [9.17, 15) is 18.0 Å². The number of carbonyl (C=O) groups excluding carboxylic acids is 1. The largest absolute Gasteiger partial charge is 0.450 e. The first kappa shape index (κ1) is 12.2. The Morgan fingerprint density at radius 2 is 2.00 bits per heavy atom. The van der Waals surface area contributed by atoms with Crippen molar-refractivity contribution in [2.45, 2.75) is 12.6 Å². The highest BCUT2D eigenvalue weighted by Gasteiger charge is 2.39. The van der Waals surface area contributed by atoms with Crippen molar-refractivity contribution in [2.24, 2.45) is 0 Å². The van der Waals surface area contributed by atoms with Crippen molar-refractivity contribution in [3.05, 3.63) is 35.6 Å². The Hall–Kier alpha value is -2.29. The number of para-hydroxylation sites is 1. The highest BCUT2D eigenvalue weighted by molar-refractivity contribution is 5.92. The standard InChI is InChI=1S/C12H6F3NO2/c13-12(14,15)11(17)5-8-7-3-1-2-4-9(7)18-10(8)6-16/h1-4H,5H2. The third kappa shape index (κ3) is 2.07. The van der Waals surface area contributed by atoms with E-state index in [0.29, 0.717) is 11.0 Å². The lowest BCUT2D eigenvalue weighted by Crippen LogP contribution is -2.24. The van der Waals surface area contributed by atoms with Crippen LogP contribution >= 0.6 is 0 Å². The summed E-state index contributed by atoms with van der Waals surface area (Å²) in [5.41, 5.74) is 0.273. The quantitative estimate of drug-likeness (QED) is 0.826. The number of halogens is 3. The number of carbonyl (C=O) groups is 1. The van der Waals surface area contributed by atoms with Gasteiger partial charge in [-0.3, -0.25) is 4.79 Å². The lowest BCUT2D eigenvalue weighted by atomic mass is 10.0. The van der Waals surface area contributed by atoms with Crippen LogP contribution in [-0.4, -0.2) is 12.0 Å². The zero-order valence-electron chi connectivity index (χ0n) is 8.91. The number of ketones is 1. The molecule has 0 saturated carbocycles. The lowest BCUT2D eigenvalue weighted by molar-refractivity contribution is -0.170. The molecule has 0 unspecified atom stereocenters. The molecule has 3 nitrogen and oxygen atoms in total. The maximum Gasteiger partial charge on any atom is 0.450 e. The van der Waals surface area contributed by atoms with Crippen LogP contribution < -0.4 is 0 Å². The fourth-order valence-electron chi connectivity index (χ4n) is 1.63. The van der Waals surface area contributed by atoms with Gasteiger partial charge in [0.05, 0.1) is 0 Å². The van der Waals surface area contributed by atoms with Gasteiger partial charge in [-0.2, -0.15) is 18.4 Å². The molecule has 0 radical (unpaired) electrons. The fourth-order valence-corrected chi connectivity index (χ4v) is 1.63. The van der Waals surface area contributed by atoms with E-state index in [1.807, 2.05) is 0 Å². The van der Waals surface area contributed by atoms with Crippen molar-refractivity contribution < 1.29 is 22.4 Å². The summed E-state index contributed by atoms with van der Waals surface area (Å²) in [6, 6.07) is 7.92. The van der Waals surface area contributed by atoms with Crippen LogP contribution in [-0.2, 0) is 11.2 Å². The topological polar surface area (TPSA) is 54.0 Å². The van der Waals surface area contributed by atoms with Gasteiger partial charge in [0.15, 0.2) is 0 Å². The molecule has 0 saturated heterocycles. The summed E-state index contributed by atoms with van der Waals surface area (Å²) in [7, 11) is 0. The second-order valence-electron chi connectivity index (χ2n) is 3.62. The monoisotopic (exact) mass is 253 g/mol. The molecule has 0 atom stereocenters. The minimum Gasteiger partial charge on any atom is -0.445 e. The first-order chi connectivity index (χ1) is 8.43. The highest BCUT2D eigenvalue weighted by Crippen LogP contribution is 2.28. The van der Waals surface area contributed by atoms with Crippen LogP contribution in [0.3, 0.4) is 0 Å². The van der Waals surface area contributed by atoms with Crippen LogP contribution in [0.1, 0.15) is 11.3 Å². The van der Waals surface area contributed by atoms with Gasteiger partial charge in [-0.25, -0.2) is 0 Å². The molecule has 0 amide bonds. The molecule has 2 rings (SSSR count). The number of Topliss-reactive ketones (excluding diaryl/α,β-unsaturated/α-hetero) is 1. The normalized spacial score (nSPS) is 11.4. The van der Waals surface area contributed by atoms with Gasteiger partial charge in [-0.05, 0) is 6.07 Å². The minimum absolute atomic E-state index is 0.0181. The number of fused-ring (bicyclic) bond motifs is 1. The number of nitrogens with zero attached hydrogens (tertiary/aromatic N) is 1. The van der Waals surface area contributed by atoms with Crippen molar-refractivity contribution in [3.8, 4) is 6.07 Å². The van der Waals surface area contributed by atoms with Gasteiger partial charge in [0.2, 0.25) is 11.5 Å². The molecular weight excluding hydrogens is 247 g/mol. The maximum absolute atomic E-state index is 12.2. The van der Waals surface area contributed by atoms with E-state index in [0.717, 1.165) is 0 Å². The van der Waals surface area contributed by atoms with Crippen molar-refractivity contribution in [2.75, 3.05) is 0 Å². The van der Waals surface area contributed by atoms with Crippen LogP contribution in [0.2, 0.25) is 0 Å². The molecule has 1 aromatic heterocycles. The first-order valence-electron chi connectivity index (χ1n) is 4.94. The first-order valence-corrected chi connectivity index (χ1v) is 4.94.